The van der Waals surface area contributed by atoms with E-state index in [-0.39, 0.29) is 5.91 Å². The molecular weight excluding hydrogens is 378 g/mol. The first kappa shape index (κ1) is 21.8. The van der Waals surface area contributed by atoms with Crippen molar-refractivity contribution in [3.63, 3.8) is 0 Å². The standard InChI is InChI=1S/C24H31N3O3/c1-26(15-12-19-8-10-22(29-2)23(16-19)30-3)21-7-5-14-27(18-21)24(28)11-9-20-6-4-13-25-17-20/h4,6,8-11,13,16-17,21H,5,7,12,14-15,18H2,1-3H3. The van der Waals surface area contributed by atoms with Gasteiger partial charge in [0.1, 0.15) is 0 Å². The molecule has 0 aliphatic carbocycles. The Morgan fingerprint density at radius 2 is 2.10 bits per heavy atom. The molecule has 2 heterocycles. The molecule has 0 spiro atoms. The lowest BCUT2D eigenvalue weighted by atomic mass is 10.0. The highest BCUT2D eigenvalue weighted by atomic mass is 16.5. The summed E-state index contributed by atoms with van der Waals surface area (Å²) in [6.45, 7) is 2.50. The number of pyridine rings is 1. The van der Waals surface area contributed by atoms with E-state index in [1.165, 1.54) is 5.56 Å². The van der Waals surface area contributed by atoms with E-state index >= 15 is 0 Å². The molecule has 1 atom stereocenters. The van der Waals surface area contributed by atoms with Crippen molar-refractivity contribution in [3.05, 3.63) is 59.9 Å². The molecule has 0 saturated carbocycles. The molecule has 1 amide bonds. The zero-order chi connectivity index (χ0) is 21.3. The fourth-order valence-electron chi connectivity index (χ4n) is 3.79. The number of piperidine rings is 1. The van der Waals surface area contributed by atoms with Gasteiger partial charge in [-0.15, -0.1) is 0 Å². The van der Waals surface area contributed by atoms with Crippen molar-refractivity contribution in [1.82, 2.24) is 14.8 Å². The molecule has 30 heavy (non-hydrogen) atoms. The Bertz CT molecular complexity index is 854. The lowest BCUT2D eigenvalue weighted by Gasteiger charge is -2.37. The molecule has 2 aromatic rings. The summed E-state index contributed by atoms with van der Waals surface area (Å²) in [4.78, 5) is 21.0. The Balaban J connectivity index is 1.53. The molecule has 6 nitrogen and oxygen atoms in total. The number of likely N-dealkylation sites (tertiary alicyclic amines) is 1. The zero-order valence-corrected chi connectivity index (χ0v) is 18.1. The summed E-state index contributed by atoms with van der Waals surface area (Å²) >= 11 is 0. The highest BCUT2D eigenvalue weighted by molar-refractivity contribution is 5.91. The van der Waals surface area contributed by atoms with Crippen LogP contribution in [0.25, 0.3) is 6.08 Å². The number of methoxy groups -OCH3 is 2. The van der Waals surface area contributed by atoms with Gasteiger partial charge in [-0.05, 0) is 61.7 Å². The Morgan fingerprint density at radius 3 is 2.83 bits per heavy atom. The predicted molar refractivity (Wildman–Crippen MR) is 119 cm³/mol. The molecule has 1 aromatic heterocycles. The molecule has 0 bridgehead atoms. The van der Waals surface area contributed by atoms with Crippen molar-refractivity contribution in [2.75, 3.05) is 40.9 Å². The van der Waals surface area contributed by atoms with E-state index in [0.29, 0.717) is 6.04 Å². The van der Waals surface area contributed by atoms with Crippen LogP contribution in [0.3, 0.4) is 0 Å². The zero-order valence-electron chi connectivity index (χ0n) is 18.1. The van der Waals surface area contributed by atoms with Gasteiger partial charge in [-0.1, -0.05) is 12.1 Å². The summed E-state index contributed by atoms with van der Waals surface area (Å²) in [7, 11) is 5.45. The van der Waals surface area contributed by atoms with Crippen LogP contribution in [-0.4, -0.2) is 67.6 Å². The van der Waals surface area contributed by atoms with Gasteiger partial charge in [-0.3, -0.25) is 9.78 Å². The Hall–Kier alpha value is -2.86. The van der Waals surface area contributed by atoms with Gasteiger partial charge in [0.05, 0.1) is 14.2 Å². The van der Waals surface area contributed by atoms with Gasteiger partial charge in [0.25, 0.3) is 0 Å². The van der Waals surface area contributed by atoms with E-state index in [2.05, 4.69) is 23.0 Å². The third-order valence-electron chi connectivity index (χ3n) is 5.64. The molecular formula is C24H31N3O3. The number of hydrogen-bond donors (Lipinski definition) is 0. The van der Waals surface area contributed by atoms with Gasteiger partial charge in [-0.25, -0.2) is 0 Å². The molecule has 0 radical (unpaired) electrons. The minimum atomic E-state index is 0.0665. The molecule has 1 saturated heterocycles. The van der Waals surface area contributed by atoms with Crippen LogP contribution in [0.15, 0.2) is 48.8 Å². The van der Waals surface area contributed by atoms with Crippen molar-refractivity contribution in [2.24, 2.45) is 0 Å². The number of rotatable bonds is 8. The molecule has 0 N–H and O–H groups in total. The van der Waals surface area contributed by atoms with Crippen molar-refractivity contribution >= 4 is 12.0 Å². The van der Waals surface area contributed by atoms with Gasteiger partial charge < -0.3 is 19.3 Å². The van der Waals surface area contributed by atoms with Gasteiger partial charge >= 0.3 is 0 Å². The maximum Gasteiger partial charge on any atom is 0.246 e. The summed E-state index contributed by atoms with van der Waals surface area (Å²) in [5, 5.41) is 0. The van der Waals surface area contributed by atoms with Crippen molar-refractivity contribution in [1.29, 1.82) is 0 Å². The van der Waals surface area contributed by atoms with Crippen LogP contribution in [0.4, 0.5) is 0 Å². The molecule has 3 rings (SSSR count). The summed E-state index contributed by atoms with van der Waals surface area (Å²) in [5.74, 6) is 1.57. The van der Waals surface area contributed by atoms with Crippen LogP contribution in [0.5, 0.6) is 11.5 Å². The van der Waals surface area contributed by atoms with E-state index in [4.69, 9.17) is 9.47 Å². The van der Waals surface area contributed by atoms with Crippen LogP contribution in [0, 0.1) is 0 Å². The molecule has 1 aliphatic rings. The smallest absolute Gasteiger partial charge is 0.246 e. The number of carbonyl (C=O) groups excluding carboxylic acids is 1. The van der Waals surface area contributed by atoms with E-state index in [1.807, 2.05) is 35.2 Å². The minimum absolute atomic E-state index is 0.0665. The maximum absolute atomic E-state index is 12.6. The Labute approximate surface area is 179 Å². The number of hydrogen-bond acceptors (Lipinski definition) is 5. The second-order valence-electron chi connectivity index (χ2n) is 7.62. The van der Waals surface area contributed by atoms with Crippen LogP contribution >= 0.6 is 0 Å². The quantitative estimate of drug-likeness (QED) is 0.627. The second-order valence-corrected chi connectivity index (χ2v) is 7.62. The van der Waals surface area contributed by atoms with Crippen LogP contribution < -0.4 is 9.47 Å². The number of nitrogens with zero attached hydrogens (tertiary/aromatic N) is 3. The van der Waals surface area contributed by atoms with Gasteiger partial charge in [0.2, 0.25) is 5.91 Å². The number of benzene rings is 1. The summed E-state index contributed by atoms with van der Waals surface area (Å²) < 4.78 is 10.7. The predicted octanol–water partition coefficient (Wildman–Crippen LogP) is 3.28. The topological polar surface area (TPSA) is 54.9 Å². The molecule has 6 heteroatoms. The molecule has 1 aliphatic heterocycles. The monoisotopic (exact) mass is 409 g/mol. The van der Waals surface area contributed by atoms with E-state index in [1.54, 1.807) is 32.7 Å². The van der Waals surface area contributed by atoms with Gasteiger partial charge in [-0.2, -0.15) is 0 Å². The highest BCUT2D eigenvalue weighted by Crippen LogP contribution is 2.28. The average Bonchev–Trinajstić information content (AvgIpc) is 2.81. The molecule has 1 aromatic carbocycles. The fraction of sp³-hybridized carbons (Fsp3) is 0.417. The molecule has 1 unspecified atom stereocenters. The van der Waals surface area contributed by atoms with E-state index < -0.39 is 0 Å². The number of amides is 1. The van der Waals surface area contributed by atoms with Crippen molar-refractivity contribution in [3.8, 4) is 11.5 Å². The summed E-state index contributed by atoms with van der Waals surface area (Å²) in [5.41, 5.74) is 2.15. The van der Waals surface area contributed by atoms with Crippen LogP contribution in [-0.2, 0) is 11.2 Å². The SMILES string of the molecule is COc1ccc(CCN(C)C2CCCN(C(=O)C=Cc3cccnc3)C2)cc1OC. The third kappa shape index (κ3) is 5.83. The van der Waals surface area contributed by atoms with E-state index in [9.17, 15) is 4.79 Å². The lowest BCUT2D eigenvalue weighted by molar-refractivity contribution is -0.127. The summed E-state index contributed by atoms with van der Waals surface area (Å²) in [6, 6.07) is 10.2. The highest BCUT2D eigenvalue weighted by Gasteiger charge is 2.25. The van der Waals surface area contributed by atoms with E-state index in [0.717, 1.165) is 56.0 Å². The summed E-state index contributed by atoms with van der Waals surface area (Å²) in [6.07, 6.45) is 10.0. The van der Waals surface area contributed by atoms with Crippen molar-refractivity contribution < 1.29 is 14.3 Å². The second kappa shape index (κ2) is 10.8. The molecule has 1 fully saturated rings. The third-order valence-corrected chi connectivity index (χ3v) is 5.64. The number of aromatic nitrogens is 1. The molecule has 160 valence electrons. The normalized spacial score (nSPS) is 16.8. The van der Waals surface area contributed by atoms with Crippen molar-refractivity contribution in [2.45, 2.75) is 25.3 Å². The average molecular weight is 410 g/mol. The number of likely N-dealkylation sites (N-methyl/N-ethyl adjacent to an activating group) is 1. The fourth-order valence-corrected chi connectivity index (χ4v) is 3.79. The Morgan fingerprint density at radius 1 is 1.27 bits per heavy atom. The Kier molecular flexibility index (Phi) is 7.85. The first-order valence-electron chi connectivity index (χ1n) is 10.4. The number of carbonyl (C=O) groups is 1. The van der Waals surface area contributed by atoms with Crippen LogP contribution in [0.2, 0.25) is 0 Å². The maximum atomic E-state index is 12.6. The van der Waals surface area contributed by atoms with Crippen LogP contribution in [0.1, 0.15) is 24.0 Å². The lowest BCUT2D eigenvalue weighted by Crippen LogP contribution is -2.48. The number of ether oxygens (including phenoxy) is 2. The van der Waals surface area contributed by atoms with Gasteiger partial charge in [0.15, 0.2) is 11.5 Å². The first-order chi connectivity index (χ1) is 14.6. The minimum Gasteiger partial charge on any atom is -0.493 e. The largest absolute Gasteiger partial charge is 0.493 e. The first-order valence-corrected chi connectivity index (χ1v) is 10.4. The van der Waals surface area contributed by atoms with Gasteiger partial charge in [0, 0.05) is 44.1 Å².